The van der Waals surface area contributed by atoms with Gasteiger partial charge in [0, 0.05) is 38.0 Å². The normalized spacial score (nSPS) is 10.9. The van der Waals surface area contributed by atoms with Gasteiger partial charge in [0.05, 0.1) is 23.4 Å². The molecular weight excluding hydrogens is 429 g/mol. The molecule has 0 saturated carbocycles. The van der Waals surface area contributed by atoms with E-state index in [1.54, 1.807) is 32.0 Å². The van der Waals surface area contributed by atoms with Crippen molar-refractivity contribution >= 4 is 23.4 Å². The molecule has 174 valence electrons. The molecule has 0 unspecified atom stereocenters. The van der Waals surface area contributed by atoms with E-state index in [9.17, 15) is 14.4 Å². The largest absolute Gasteiger partial charge is 0.460 e. The van der Waals surface area contributed by atoms with Crippen LogP contribution in [0.4, 0.5) is 15.8 Å². The number of nitriles is 1. The third-order valence-corrected chi connectivity index (χ3v) is 5.16. The zero-order chi connectivity index (χ0) is 24.7. The number of carbonyl (C=O) groups excluding carboxylic acids is 1. The van der Waals surface area contributed by atoms with Crippen molar-refractivity contribution < 1.29 is 13.9 Å². The summed E-state index contributed by atoms with van der Waals surface area (Å²) in [7, 11) is 3.96. The monoisotopic (exact) mass is 457 g/mol. The van der Waals surface area contributed by atoms with Gasteiger partial charge in [0.15, 0.2) is 5.82 Å². The van der Waals surface area contributed by atoms with Crippen LogP contribution in [-0.2, 0) is 16.1 Å². The van der Waals surface area contributed by atoms with Crippen LogP contribution in [0.3, 0.4) is 0 Å². The lowest BCUT2D eigenvalue weighted by Gasteiger charge is -2.14. The summed E-state index contributed by atoms with van der Waals surface area (Å²) in [6, 6.07) is 20.9. The van der Waals surface area contributed by atoms with Crippen molar-refractivity contribution in [2.75, 3.05) is 24.3 Å². The van der Waals surface area contributed by atoms with Crippen molar-refractivity contribution in [1.29, 1.82) is 5.26 Å². The van der Waals surface area contributed by atoms with Crippen LogP contribution < -0.4 is 10.2 Å². The molecule has 0 heterocycles. The van der Waals surface area contributed by atoms with Gasteiger partial charge in [0.2, 0.25) is 0 Å². The van der Waals surface area contributed by atoms with E-state index in [0.717, 1.165) is 22.4 Å². The fourth-order valence-corrected chi connectivity index (χ4v) is 3.43. The summed E-state index contributed by atoms with van der Waals surface area (Å²) in [5.74, 6) is -0.984. The van der Waals surface area contributed by atoms with Crippen LogP contribution in [0.2, 0.25) is 0 Å². The van der Waals surface area contributed by atoms with E-state index in [1.165, 1.54) is 12.2 Å². The Labute approximate surface area is 200 Å². The molecule has 0 spiro atoms. The summed E-state index contributed by atoms with van der Waals surface area (Å²) in [5.41, 5.74) is 4.88. The van der Waals surface area contributed by atoms with Gasteiger partial charge in [0.25, 0.3) is 0 Å². The standard InChI is InChI=1S/C28H28FN3O2/c1-19(2)34-27(33)15-11-22-6-5-7-26(28(22)29)31-18-20-8-14-25(23(16-20)17-30)21-9-12-24(13-10-21)32(3)4/h5-16,19,31H,18H2,1-4H3/b15-11+. The first-order chi connectivity index (χ1) is 16.3. The highest BCUT2D eigenvalue weighted by atomic mass is 19.1. The third-order valence-electron chi connectivity index (χ3n) is 5.16. The number of hydrogen-bond donors (Lipinski definition) is 1. The maximum absolute atomic E-state index is 14.9. The smallest absolute Gasteiger partial charge is 0.331 e. The van der Waals surface area contributed by atoms with Gasteiger partial charge in [-0.3, -0.25) is 0 Å². The van der Waals surface area contributed by atoms with Crippen LogP contribution in [0.25, 0.3) is 17.2 Å². The number of benzene rings is 3. The molecule has 0 aliphatic heterocycles. The van der Waals surface area contributed by atoms with E-state index in [4.69, 9.17) is 4.74 Å². The van der Waals surface area contributed by atoms with E-state index >= 15 is 0 Å². The second kappa shape index (κ2) is 11.2. The maximum Gasteiger partial charge on any atom is 0.331 e. The number of nitrogens with zero attached hydrogens (tertiary/aromatic N) is 2. The predicted molar refractivity (Wildman–Crippen MR) is 135 cm³/mol. The number of esters is 1. The van der Waals surface area contributed by atoms with Crippen molar-refractivity contribution in [2.45, 2.75) is 26.5 Å². The van der Waals surface area contributed by atoms with Crippen molar-refractivity contribution in [2.24, 2.45) is 0 Å². The molecule has 5 nitrogen and oxygen atoms in total. The average molecular weight is 458 g/mol. The van der Waals surface area contributed by atoms with Gasteiger partial charge in [-0.15, -0.1) is 0 Å². The molecule has 0 aliphatic carbocycles. The summed E-state index contributed by atoms with van der Waals surface area (Å²) < 4.78 is 19.9. The minimum Gasteiger partial charge on any atom is -0.460 e. The summed E-state index contributed by atoms with van der Waals surface area (Å²) in [5, 5.41) is 12.8. The van der Waals surface area contributed by atoms with Gasteiger partial charge < -0.3 is 15.0 Å². The molecule has 0 radical (unpaired) electrons. The van der Waals surface area contributed by atoms with Crippen LogP contribution >= 0.6 is 0 Å². The first-order valence-electron chi connectivity index (χ1n) is 11.0. The highest BCUT2D eigenvalue weighted by Gasteiger charge is 2.10. The molecule has 0 fully saturated rings. The van der Waals surface area contributed by atoms with Gasteiger partial charge in [0.1, 0.15) is 0 Å². The van der Waals surface area contributed by atoms with Crippen LogP contribution in [0.15, 0.2) is 66.7 Å². The lowest BCUT2D eigenvalue weighted by Crippen LogP contribution is -2.08. The van der Waals surface area contributed by atoms with Gasteiger partial charge in [-0.1, -0.05) is 36.4 Å². The molecule has 6 heteroatoms. The van der Waals surface area contributed by atoms with Crippen molar-refractivity contribution in [3.63, 3.8) is 0 Å². The van der Waals surface area contributed by atoms with E-state index in [0.29, 0.717) is 17.8 Å². The molecule has 0 bridgehead atoms. The lowest BCUT2D eigenvalue weighted by atomic mass is 9.98. The Morgan fingerprint density at radius 1 is 1.15 bits per heavy atom. The second-order valence-electron chi connectivity index (χ2n) is 8.31. The number of nitrogens with one attached hydrogen (secondary N) is 1. The number of anilines is 2. The Balaban J connectivity index is 1.74. The zero-order valence-corrected chi connectivity index (χ0v) is 19.8. The molecule has 0 saturated heterocycles. The Kier molecular flexibility index (Phi) is 8.05. The number of ether oxygens (including phenoxy) is 1. The highest BCUT2D eigenvalue weighted by Crippen LogP contribution is 2.27. The average Bonchev–Trinajstić information content (AvgIpc) is 2.82. The van der Waals surface area contributed by atoms with Crippen LogP contribution in [0.5, 0.6) is 0 Å². The summed E-state index contributed by atoms with van der Waals surface area (Å²) in [6.07, 6.45) is 2.37. The molecule has 34 heavy (non-hydrogen) atoms. The van der Waals surface area contributed by atoms with Crippen LogP contribution in [-0.4, -0.2) is 26.2 Å². The number of carbonyl (C=O) groups is 1. The zero-order valence-electron chi connectivity index (χ0n) is 19.8. The Bertz CT molecular complexity index is 1230. The fraction of sp³-hybridized carbons (Fsp3) is 0.214. The highest BCUT2D eigenvalue weighted by molar-refractivity contribution is 5.87. The second-order valence-corrected chi connectivity index (χ2v) is 8.31. The van der Waals surface area contributed by atoms with Crippen molar-refractivity contribution in [3.05, 3.63) is 89.2 Å². The SMILES string of the molecule is CC(C)OC(=O)/C=C/c1cccc(NCc2ccc(-c3ccc(N(C)C)cc3)c(C#N)c2)c1F. The lowest BCUT2D eigenvalue weighted by molar-refractivity contribution is -0.141. The van der Waals surface area contributed by atoms with E-state index in [2.05, 4.69) is 11.4 Å². The molecule has 0 amide bonds. The minimum atomic E-state index is -0.520. The molecule has 0 atom stereocenters. The van der Waals surface area contributed by atoms with Gasteiger partial charge >= 0.3 is 5.97 Å². The third kappa shape index (κ3) is 6.23. The van der Waals surface area contributed by atoms with Gasteiger partial charge in [-0.05, 0) is 60.9 Å². The van der Waals surface area contributed by atoms with E-state index < -0.39 is 11.8 Å². The Morgan fingerprint density at radius 3 is 2.53 bits per heavy atom. The molecular formula is C28H28FN3O2. The Hall–Kier alpha value is -4.11. The molecule has 0 aromatic heterocycles. The van der Waals surface area contributed by atoms with Crippen molar-refractivity contribution in [1.82, 2.24) is 0 Å². The minimum absolute atomic E-state index is 0.239. The van der Waals surface area contributed by atoms with Gasteiger partial charge in [-0.2, -0.15) is 5.26 Å². The quantitative estimate of drug-likeness (QED) is 0.332. The number of hydrogen-bond acceptors (Lipinski definition) is 5. The Morgan fingerprint density at radius 2 is 1.88 bits per heavy atom. The topological polar surface area (TPSA) is 65.4 Å². The van der Waals surface area contributed by atoms with Crippen LogP contribution in [0, 0.1) is 17.1 Å². The summed E-state index contributed by atoms with van der Waals surface area (Å²) in [6.45, 7) is 3.85. The molecule has 3 aromatic rings. The van der Waals surface area contributed by atoms with Crippen molar-refractivity contribution in [3.8, 4) is 17.2 Å². The van der Waals surface area contributed by atoms with Gasteiger partial charge in [-0.25, -0.2) is 9.18 Å². The summed E-state index contributed by atoms with van der Waals surface area (Å²) in [4.78, 5) is 13.7. The molecule has 3 aromatic carbocycles. The summed E-state index contributed by atoms with van der Waals surface area (Å²) >= 11 is 0. The fourth-order valence-electron chi connectivity index (χ4n) is 3.43. The predicted octanol–water partition coefficient (Wildman–Crippen LogP) is 6.01. The first kappa shape index (κ1) is 24.5. The van der Waals surface area contributed by atoms with E-state index in [1.807, 2.05) is 61.5 Å². The first-order valence-corrected chi connectivity index (χ1v) is 11.0. The molecule has 1 N–H and O–H groups in total. The molecule has 0 aliphatic rings. The number of halogens is 1. The molecule has 3 rings (SSSR count). The van der Waals surface area contributed by atoms with E-state index in [-0.39, 0.29) is 11.7 Å². The number of rotatable bonds is 8. The van der Waals surface area contributed by atoms with Crippen LogP contribution in [0.1, 0.15) is 30.5 Å². The maximum atomic E-state index is 14.9.